The lowest BCUT2D eigenvalue weighted by atomic mass is 10.3. The van der Waals surface area contributed by atoms with E-state index in [1.807, 2.05) is 0 Å². The molecule has 2 amide bonds. The van der Waals surface area contributed by atoms with Crippen LogP contribution in [0.5, 0.6) is 0 Å². The summed E-state index contributed by atoms with van der Waals surface area (Å²) in [6.45, 7) is 2.44. The fraction of sp³-hybridized carbons (Fsp3) is 0.556. The van der Waals surface area contributed by atoms with Gasteiger partial charge in [0, 0.05) is 26.2 Å². The molecule has 0 bridgehead atoms. The first-order valence-corrected chi connectivity index (χ1v) is 6.23. The number of aromatic amines is 1. The lowest BCUT2D eigenvalue weighted by Gasteiger charge is -2.32. The van der Waals surface area contributed by atoms with Gasteiger partial charge in [0.2, 0.25) is 12.3 Å². The summed E-state index contributed by atoms with van der Waals surface area (Å²) in [5.74, 6) is 0.410. The molecule has 1 N–H and O–H groups in total. The molecule has 1 aromatic heterocycles. The van der Waals surface area contributed by atoms with Crippen molar-refractivity contribution >= 4 is 24.1 Å². The Labute approximate surface area is 103 Å². The van der Waals surface area contributed by atoms with Crippen LogP contribution in [0.3, 0.4) is 0 Å². The minimum atomic E-state index is 0.0666. The Morgan fingerprint density at radius 3 is 2.82 bits per heavy atom. The molecule has 0 saturated carbocycles. The maximum atomic E-state index is 11.8. The normalized spacial score (nSPS) is 16.0. The summed E-state index contributed by atoms with van der Waals surface area (Å²) in [6.07, 6.45) is 2.24. The van der Waals surface area contributed by atoms with Crippen LogP contribution in [0.1, 0.15) is 0 Å². The molecule has 1 aromatic rings. The Morgan fingerprint density at radius 1 is 1.47 bits per heavy atom. The zero-order valence-corrected chi connectivity index (χ0v) is 10.0. The molecule has 92 valence electrons. The molecule has 7 nitrogen and oxygen atoms in total. The molecule has 1 fully saturated rings. The largest absolute Gasteiger partial charge is 0.342 e. The summed E-state index contributed by atoms with van der Waals surface area (Å²) in [5.41, 5.74) is 0. The van der Waals surface area contributed by atoms with Crippen LogP contribution in [0.4, 0.5) is 0 Å². The third-order valence-electron chi connectivity index (χ3n) is 2.54. The summed E-state index contributed by atoms with van der Waals surface area (Å²) in [5, 5.41) is 7.04. The highest BCUT2D eigenvalue weighted by Gasteiger charge is 2.20. The average molecular weight is 255 g/mol. The fourth-order valence-corrected chi connectivity index (χ4v) is 2.24. The zero-order chi connectivity index (χ0) is 12.1. The van der Waals surface area contributed by atoms with E-state index in [2.05, 4.69) is 15.2 Å². The number of rotatable bonds is 4. The van der Waals surface area contributed by atoms with Crippen molar-refractivity contribution in [2.75, 3.05) is 31.9 Å². The van der Waals surface area contributed by atoms with E-state index in [1.54, 1.807) is 9.80 Å². The van der Waals surface area contributed by atoms with Gasteiger partial charge < -0.3 is 9.80 Å². The molecule has 17 heavy (non-hydrogen) atoms. The number of H-pyrrole nitrogens is 1. The lowest BCUT2D eigenvalue weighted by Crippen LogP contribution is -2.48. The van der Waals surface area contributed by atoms with Crippen molar-refractivity contribution < 1.29 is 9.59 Å². The number of nitrogens with zero attached hydrogens (tertiary/aromatic N) is 4. The van der Waals surface area contributed by atoms with E-state index in [0.717, 1.165) is 6.41 Å². The number of piperazine rings is 1. The van der Waals surface area contributed by atoms with E-state index in [4.69, 9.17) is 0 Å². The van der Waals surface area contributed by atoms with Crippen molar-refractivity contribution in [2.45, 2.75) is 5.16 Å². The predicted molar refractivity (Wildman–Crippen MR) is 61.3 cm³/mol. The molecule has 0 radical (unpaired) electrons. The average Bonchev–Trinajstić information content (AvgIpc) is 2.89. The molecule has 1 saturated heterocycles. The van der Waals surface area contributed by atoms with Crippen LogP contribution in [-0.2, 0) is 9.59 Å². The van der Waals surface area contributed by atoms with Gasteiger partial charge in [0.15, 0.2) is 5.16 Å². The van der Waals surface area contributed by atoms with E-state index in [1.165, 1.54) is 18.1 Å². The third kappa shape index (κ3) is 3.19. The smallest absolute Gasteiger partial charge is 0.233 e. The van der Waals surface area contributed by atoms with E-state index in [-0.39, 0.29) is 5.91 Å². The molecule has 0 atom stereocenters. The summed E-state index contributed by atoms with van der Waals surface area (Å²) in [7, 11) is 0. The van der Waals surface area contributed by atoms with Gasteiger partial charge in [0.1, 0.15) is 6.33 Å². The number of hydrogen-bond donors (Lipinski definition) is 1. The van der Waals surface area contributed by atoms with Gasteiger partial charge in [-0.1, -0.05) is 11.8 Å². The van der Waals surface area contributed by atoms with Crippen LogP contribution in [0.25, 0.3) is 0 Å². The van der Waals surface area contributed by atoms with Crippen molar-refractivity contribution in [1.82, 2.24) is 25.0 Å². The molecule has 2 heterocycles. The molecule has 1 aliphatic heterocycles. The van der Waals surface area contributed by atoms with Gasteiger partial charge in [-0.05, 0) is 0 Å². The van der Waals surface area contributed by atoms with Crippen molar-refractivity contribution in [2.24, 2.45) is 0 Å². The monoisotopic (exact) mass is 255 g/mol. The predicted octanol–water partition coefficient (Wildman–Crippen LogP) is -0.803. The minimum Gasteiger partial charge on any atom is -0.342 e. The first kappa shape index (κ1) is 11.9. The first-order valence-electron chi connectivity index (χ1n) is 5.25. The van der Waals surface area contributed by atoms with Crippen molar-refractivity contribution in [3.8, 4) is 0 Å². The summed E-state index contributed by atoms with van der Waals surface area (Å²) in [6, 6.07) is 0. The maximum Gasteiger partial charge on any atom is 0.233 e. The second kappa shape index (κ2) is 5.67. The molecular formula is C9H13N5O2S. The zero-order valence-electron chi connectivity index (χ0n) is 9.20. The SMILES string of the molecule is O=CN1CCN(C(=O)CSc2ncn[nH]2)CC1. The van der Waals surface area contributed by atoms with Gasteiger partial charge in [-0.3, -0.25) is 14.7 Å². The molecule has 0 aromatic carbocycles. The number of nitrogens with one attached hydrogen (secondary N) is 1. The maximum absolute atomic E-state index is 11.8. The van der Waals surface area contributed by atoms with E-state index < -0.39 is 0 Å². The fourth-order valence-electron chi connectivity index (χ4n) is 1.56. The molecule has 1 aliphatic rings. The second-order valence-corrected chi connectivity index (χ2v) is 4.57. The van der Waals surface area contributed by atoms with Crippen LogP contribution >= 0.6 is 11.8 Å². The van der Waals surface area contributed by atoms with Crippen molar-refractivity contribution in [3.05, 3.63) is 6.33 Å². The molecule has 0 aliphatic carbocycles. The molecule has 0 unspecified atom stereocenters. The highest BCUT2D eigenvalue weighted by atomic mass is 32.2. The van der Waals surface area contributed by atoms with Crippen LogP contribution in [0, 0.1) is 0 Å². The Hall–Kier alpha value is -1.57. The summed E-state index contributed by atoms with van der Waals surface area (Å²) < 4.78 is 0. The Morgan fingerprint density at radius 2 is 2.24 bits per heavy atom. The molecule has 0 spiro atoms. The van der Waals surface area contributed by atoms with Crippen molar-refractivity contribution in [3.63, 3.8) is 0 Å². The quantitative estimate of drug-likeness (QED) is 0.562. The highest BCUT2D eigenvalue weighted by Crippen LogP contribution is 2.12. The Kier molecular flexibility index (Phi) is 3.97. The molecular weight excluding hydrogens is 242 g/mol. The van der Waals surface area contributed by atoms with Crippen molar-refractivity contribution in [1.29, 1.82) is 0 Å². The number of carbonyl (C=O) groups excluding carboxylic acids is 2. The van der Waals surface area contributed by atoms with Gasteiger partial charge >= 0.3 is 0 Å². The van der Waals surface area contributed by atoms with Crippen LogP contribution < -0.4 is 0 Å². The summed E-state index contributed by atoms with van der Waals surface area (Å²) in [4.78, 5) is 29.7. The van der Waals surface area contributed by atoms with Crippen LogP contribution in [0.2, 0.25) is 0 Å². The number of thioether (sulfide) groups is 1. The molecule has 8 heteroatoms. The van der Waals surface area contributed by atoms with Gasteiger partial charge in [-0.2, -0.15) is 5.10 Å². The van der Waals surface area contributed by atoms with E-state index >= 15 is 0 Å². The van der Waals surface area contributed by atoms with E-state index in [0.29, 0.717) is 37.1 Å². The standard InChI is InChI=1S/C9H13N5O2S/c15-7-13-1-3-14(4-2-13)8(16)5-17-9-10-6-11-12-9/h6-7H,1-5H2,(H,10,11,12). The number of hydrogen-bond acceptors (Lipinski definition) is 5. The van der Waals surface area contributed by atoms with Gasteiger partial charge in [0.05, 0.1) is 5.75 Å². The van der Waals surface area contributed by atoms with Crippen LogP contribution in [0.15, 0.2) is 11.5 Å². The summed E-state index contributed by atoms with van der Waals surface area (Å²) >= 11 is 1.33. The number of aromatic nitrogens is 3. The topological polar surface area (TPSA) is 82.2 Å². The van der Waals surface area contributed by atoms with Crippen LogP contribution in [-0.4, -0.2) is 69.2 Å². The van der Waals surface area contributed by atoms with Gasteiger partial charge in [0.25, 0.3) is 0 Å². The van der Waals surface area contributed by atoms with E-state index in [9.17, 15) is 9.59 Å². The lowest BCUT2D eigenvalue weighted by molar-refractivity contribution is -0.132. The van der Waals surface area contributed by atoms with Gasteiger partial charge in [-0.15, -0.1) is 0 Å². The Balaban J connectivity index is 1.75. The Bertz CT molecular complexity index is 375. The third-order valence-corrected chi connectivity index (χ3v) is 3.40. The number of carbonyl (C=O) groups is 2. The minimum absolute atomic E-state index is 0.0666. The number of amides is 2. The molecule has 2 rings (SSSR count). The first-order chi connectivity index (χ1) is 8.29. The van der Waals surface area contributed by atoms with Gasteiger partial charge in [-0.25, -0.2) is 4.98 Å². The second-order valence-electron chi connectivity index (χ2n) is 3.60. The highest BCUT2D eigenvalue weighted by molar-refractivity contribution is 7.99.